The van der Waals surface area contributed by atoms with Crippen molar-refractivity contribution in [2.24, 2.45) is 0 Å². The molecule has 5 aromatic rings. The standard InChI is InChI=1S/C30H26N4O3S2/c1-20-16-26-28(17-21(20)2)38-30(32-26)33(19-22-6-5-14-31-18-22)29(35)24-9-11-25(12-10-24)39(36,37)34-15-13-23-7-3-4-8-27(23)34/h3-12,14,16-18H,13,15,19H2,1-2H3. The Morgan fingerprint density at radius 1 is 1.00 bits per heavy atom. The van der Waals surface area contributed by atoms with Gasteiger partial charge in [0.05, 0.1) is 27.3 Å². The van der Waals surface area contributed by atoms with Gasteiger partial charge in [0.15, 0.2) is 5.13 Å². The summed E-state index contributed by atoms with van der Waals surface area (Å²) in [5, 5.41) is 0.578. The lowest BCUT2D eigenvalue weighted by atomic mass is 10.1. The summed E-state index contributed by atoms with van der Waals surface area (Å²) >= 11 is 1.46. The van der Waals surface area contributed by atoms with E-state index in [0.717, 1.165) is 26.9 Å². The van der Waals surface area contributed by atoms with E-state index >= 15 is 0 Å². The van der Waals surface area contributed by atoms with Crippen molar-refractivity contribution in [3.05, 3.63) is 113 Å². The Hall–Kier alpha value is -4.08. The Kier molecular flexibility index (Phi) is 6.40. The van der Waals surface area contributed by atoms with Crippen LogP contribution < -0.4 is 9.21 Å². The van der Waals surface area contributed by atoms with E-state index in [0.29, 0.717) is 29.3 Å². The highest BCUT2D eigenvalue weighted by atomic mass is 32.2. The SMILES string of the molecule is Cc1cc2nc(N(Cc3cccnc3)C(=O)c3ccc(S(=O)(=O)N4CCc5ccccc54)cc3)sc2cc1C. The van der Waals surface area contributed by atoms with E-state index in [-0.39, 0.29) is 17.3 Å². The number of rotatable bonds is 6. The minimum atomic E-state index is -3.75. The molecule has 1 aliphatic rings. The maximum absolute atomic E-state index is 13.9. The first-order valence-corrected chi connectivity index (χ1v) is 14.9. The Bertz CT molecular complexity index is 1760. The van der Waals surface area contributed by atoms with E-state index in [9.17, 15) is 13.2 Å². The smallest absolute Gasteiger partial charge is 0.264 e. The number of carbonyl (C=O) groups excluding carboxylic acids is 1. The molecular weight excluding hydrogens is 528 g/mol. The van der Waals surface area contributed by atoms with Gasteiger partial charge in [-0.1, -0.05) is 35.6 Å². The van der Waals surface area contributed by atoms with E-state index in [1.165, 1.54) is 33.3 Å². The molecule has 0 aliphatic carbocycles. The molecule has 0 spiro atoms. The summed E-state index contributed by atoms with van der Waals surface area (Å²) in [5.41, 5.74) is 6.12. The third-order valence-electron chi connectivity index (χ3n) is 7.07. The Labute approximate surface area is 231 Å². The topological polar surface area (TPSA) is 83.5 Å². The number of sulfonamides is 1. The van der Waals surface area contributed by atoms with Crippen LogP contribution in [0.1, 0.15) is 32.6 Å². The van der Waals surface area contributed by atoms with Gasteiger partial charge in [-0.3, -0.25) is 19.0 Å². The van der Waals surface area contributed by atoms with Crippen LogP contribution in [0.4, 0.5) is 10.8 Å². The normalized spacial score (nSPS) is 13.0. The predicted octanol–water partition coefficient (Wildman–Crippen LogP) is 5.91. The second kappa shape index (κ2) is 9.91. The zero-order valence-corrected chi connectivity index (χ0v) is 23.2. The summed E-state index contributed by atoms with van der Waals surface area (Å²) < 4.78 is 29.3. The molecule has 3 aromatic carbocycles. The molecule has 1 aliphatic heterocycles. The molecule has 0 bridgehead atoms. The van der Waals surface area contributed by atoms with Gasteiger partial charge >= 0.3 is 0 Å². The van der Waals surface area contributed by atoms with Crippen LogP contribution in [-0.4, -0.2) is 30.8 Å². The van der Waals surface area contributed by atoms with Crippen LogP contribution >= 0.6 is 11.3 Å². The molecule has 3 heterocycles. The van der Waals surface area contributed by atoms with Crippen LogP contribution in [0.5, 0.6) is 0 Å². The second-order valence-electron chi connectivity index (χ2n) is 9.63. The third kappa shape index (κ3) is 4.68. The summed E-state index contributed by atoms with van der Waals surface area (Å²) in [4.78, 5) is 24.6. The number of carbonyl (C=O) groups is 1. The minimum absolute atomic E-state index is 0.153. The molecule has 0 saturated heterocycles. The zero-order valence-electron chi connectivity index (χ0n) is 21.5. The number of hydrogen-bond acceptors (Lipinski definition) is 6. The molecular formula is C30H26N4O3S2. The quantitative estimate of drug-likeness (QED) is 0.261. The predicted molar refractivity (Wildman–Crippen MR) is 155 cm³/mol. The lowest BCUT2D eigenvalue weighted by Crippen LogP contribution is -2.31. The van der Waals surface area contributed by atoms with Gasteiger partial charge < -0.3 is 0 Å². The molecule has 0 saturated carbocycles. The molecule has 0 radical (unpaired) electrons. The van der Waals surface area contributed by atoms with Crippen LogP contribution in [0.15, 0.2) is 90.1 Å². The van der Waals surface area contributed by atoms with Crippen LogP contribution in [0.25, 0.3) is 10.2 Å². The van der Waals surface area contributed by atoms with Crippen LogP contribution in [0.2, 0.25) is 0 Å². The van der Waals surface area contributed by atoms with Crippen LogP contribution in [0, 0.1) is 13.8 Å². The van der Waals surface area contributed by atoms with E-state index in [1.54, 1.807) is 29.4 Å². The molecule has 6 rings (SSSR count). The Balaban J connectivity index is 1.33. The zero-order chi connectivity index (χ0) is 27.1. The summed E-state index contributed by atoms with van der Waals surface area (Å²) in [6, 6.07) is 21.6. The van der Waals surface area contributed by atoms with Crippen molar-refractivity contribution in [3.63, 3.8) is 0 Å². The first kappa shape index (κ1) is 25.2. The van der Waals surface area contributed by atoms with E-state index < -0.39 is 10.0 Å². The maximum Gasteiger partial charge on any atom is 0.264 e. The number of hydrogen-bond donors (Lipinski definition) is 0. The van der Waals surface area contributed by atoms with Crippen molar-refractivity contribution >= 4 is 48.3 Å². The lowest BCUT2D eigenvalue weighted by Gasteiger charge is -2.21. The average Bonchev–Trinajstić information content (AvgIpc) is 3.57. The number of anilines is 2. The molecule has 7 nitrogen and oxygen atoms in total. The van der Waals surface area contributed by atoms with Gasteiger partial charge in [0.25, 0.3) is 15.9 Å². The van der Waals surface area contributed by atoms with Gasteiger partial charge in [0.2, 0.25) is 0 Å². The summed E-state index contributed by atoms with van der Waals surface area (Å²) in [5.74, 6) is -0.262. The van der Waals surface area contributed by atoms with E-state index in [2.05, 4.69) is 18.0 Å². The molecule has 196 valence electrons. The highest BCUT2D eigenvalue weighted by molar-refractivity contribution is 7.92. The molecule has 1 amide bonds. The number of thiazole rings is 1. The molecule has 0 atom stereocenters. The van der Waals surface area contributed by atoms with Crippen molar-refractivity contribution in [1.82, 2.24) is 9.97 Å². The summed E-state index contributed by atoms with van der Waals surface area (Å²) in [7, 11) is -3.75. The first-order valence-electron chi connectivity index (χ1n) is 12.6. The average molecular weight is 555 g/mol. The minimum Gasteiger partial charge on any atom is -0.279 e. The summed E-state index contributed by atoms with van der Waals surface area (Å²) in [6.07, 6.45) is 4.10. The fourth-order valence-electron chi connectivity index (χ4n) is 4.79. The number of benzene rings is 3. The van der Waals surface area contributed by atoms with Crippen LogP contribution in [-0.2, 0) is 23.0 Å². The highest BCUT2D eigenvalue weighted by Crippen LogP contribution is 2.34. The molecule has 0 fully saturated rings. The monoisotopic (exact) mass is 554 g/mol. The van der Waals surface area contributed by atoms with Gasteiger partial charge in [-0.15, -0.1) is 0 Å². The fourth-order valence-corrected chi connectivity index (χ4v) is 7.34. The van der Waals surface area contributed by atoms with Crippen LogP contribution in [0.3, 0.4) is 0 Å². The number of amides is 1. The number of aryl methyl sites for hydroxylation is 2. The van der Waals surface area contributed by atoms with E-state index in [1.807, 2.05) is 49.4 Å². The van der Waals surface area contributed by atoms with Gasteiger partial charge in [-0.05, 0) is 91.1 Å². The number of aromatic nitrogens is 2. The van der Waals surface area contributed by atoms with Gasteiger partial charge in [0.1, 0.15) is 0 Å². The molecule has 39 heavy (non-hydrogen) atoms. The fraction of sp³-hybridized carbons (Fsp3) is 0.167. The van der Waals surface area contributed by atoms with Gasteiger partial charge in [-0.2, -0.15) is 0 Å². The number of pyridine rings is 1. The van der Waals surface area contributed by atoms with Crippen molar-refractivity contribution in [3.8, 4) is 0 Å². The number of nitrogens with zero attached hydrogens (tertiary/aromatic N) is 4. The Morgan fingerprint density at radius 3 is 2.54 bits per heavy atom. The largest absolute Gasteiger partial charge is 0.279 e. The molecule has 0 unspecified atom stereocenters. The molecule has 0 N–H and O–H groups in total. The third-order valence-corrected chi connectivity index (χ3v) is 9.93. The number of fused-ring (bicyclic) bond motifs is 2. The van der Waals surface area contributed by atoms with Crippen molar-refractivity contribution < 1.29 is 13.2 Å². The van der Waals surface area contributed by atoms with Crippen molar-refractivity contribution in [2.45, 2.75) is 31.7 Å². The van der Waals surface area contributed by atoms with Crippen molar-refractivity contribution in [2.75, 3.05) is 15.7 Å². The lowest BCUT2D eigenvalue weighted by molar-refractivity contribution is 0.0985. The summed E-state index contributed by atoms with van der Waals surface area (Å²) in [6.45, 7) is 4.79. The number of para-hydroxylation sites is 1. The van der Waals surface area contributed by atoms with Crippen molar-refractivity contribution in [1.29, 1.82) is 0 Å². The molecule has 9 heteroatoms. The Morgan fingerprint density at radius 2 is 1.77 bits per heavy atom. The molecule has 2 aromatic heterocycles. The van der Waals surface area contributed by atoms with E-state index in [4.69, 9.17) is 4.98 Å². The maximum atomic E-state index is 13.9. The second-order valence-corrected chi connectivity index (χ2v) is 12.5. The highest BCUT2D eigenvalue weighted by Gasteiger charge is 2.31. The first-order chi connectivity index (χ1) is 18.8. The van der Waals surface area contributed by atoms with Gasteiger partial charge in [0, 0.05) is 24.5 Å². The van der Waals surface area contributed by atoms with Gasteiger partial charge in [-0.25, -0.2) is 13.4 Å².